The molecule has 0 atom stereocenters. The Bertz CT molecular complexity index is 590. The van der Waals surface area contributed by atoms with Gasteiger partial charge in [-0.1, -0.05) is 19.3 Å². The number of hydrogen-bond donors (Lipinski definition) is 0. The molecule has 3 nitrogen and oxygen atoms in total. The van der Waals surface area contributed by atoms with Crippen molar-refractivity contribution < 1.29 is 21.6 Å². The molecule has 0 saturated heterocycles. The molecule has 0 heterocycles. The molecule has 1 aliphatic rings. The zero-order valence-electron chi connectivity index (χ0n) is 12.4. The maximum absolute atomic E-state index is 12.5. The molecule has 0 aliphatic heterocycles. The van der Waals surface area contributed by atoms with Gasteiger partial charge < -0.3 is 0 Å². The van der Waals surface area contributed by atoms with Crippen molar-refractivity contribution in [3.63, 3.8) is 0 Å². The molecule has 0 amide bonds. The lowest BCUT2D eigenvalue weighted by Crippen LogP contribution is -2.32. The van der Waals surface area contributed by atoms with Gasteiger partial charge in [-0.05, 0) is 43.0 Å². The number of alkyl halides is 3. The van der Waals surface area contributed by atoms with Crippen LogP contribution < -0.4 is 0 Å². The van der Waals surface area contributed by atoms with Crippen molar-refractivity contribution in [1.82, 2.24) is 4.31 Å². The van der Waals surface area contributed by atoms with Crippen molar-refractivity contribution in [2.75, 3.05) is 13.6 Å². The lowest BCUT2D eigenvalue weighted by atomic mass is 9.89. The van der Waals surface area contributed by atoms with E-state index in [-0.39, 0.29) is 4.90 Å². The van der Waals surface area contributed by atoms with Gasteiger partial charge in [-0.3, -0.25) is 0 Å². The zero-order chi connectivity index (χ0) is 16.4. The first-order valence-electron chi connectivity index (χ1n) is 7.35. The van der Waals surface area contributed by atoms with E-state index in [1.807, 2.05) is 0 Å². The van der Waals surface area contributed by atoms with Gasteiger partial charge in [0.05, 0.1) is 10.5 Å². The molecule has 1 fully saturated rings. The fourth-order valence-corrected chi connectivity index (χ4v) is 4.07. The van der Waals surface area contributed by atoms with Gasteiger partial charge >= 0.3 is 6.18 Å². The van der Waals surface area contributed by atoms with E-state index in [2.05, 4.69) is 0 Å². The van der Waals surface area contributed by atoms with Gasteiger partial charge in [0, 0.05) is 13.6 Å². The second-order valence-corrected chi connectivity index (χ2v) is 7.86. The second-order valence-electron chi connectivity index (χ2n) is 5.81. The van der Waals surface area contributed by atoms with E-state index in [0.29, 0.717) is 12.5 Å². The number of sulfonamides is 1. The first-order valence-corrected chi connectivity index (χ1v) is 8.79. The second kappa shape index (κ2) is 6.58. The van der Waals surface area contributed by atoms with Gasteiger partial charge in [0.15, 0.2) is 0 Å². The summed E-state index contributed by atoms with van der Waals surface area (Å²) in [6.45, 7) is 0.420. The summed E-state index contributed by atoms with van der Waals surface area (Å²) < 4.78 is 63.7. The molecule has 1 aliphatic carbocycles. The van der Waals surface area contributed by atoms with E-state index in [1.165, 1.54) is 17.8 Å². The summed E-state index contributed by atoms with van der Waals surface area (Å²) in [5.74, 6) is 0.336. The smallest absolute Gasteiger partial charge is 0.207 e. The van der Waals surface area contributed by atoms with Crippen molar-refractivity contribution in [3.05, 3.63) is 29.8 Å². The van der Waals surface area contributed by atoms with Crippen LogP contribution >= 0.6 is 0 Å². The van der Waals surface area contributed by atoms with Crippen molar-refractivity contribution in [3.8, 4) is 0 Å². The highest BCUT2D eigenvalue weighted by molar-refractivity contribution is 7.89. The number of nitrogens with zero attached hydrogens (tertiary/aromatic N) is 1. The Kier molecular flexibility index (Phi) is 5.17. The highest BCUT2D eigenvalue weighted by Gasteiger charge is 2.31. The molecule has 1 saturated carbocycles. The fourth-order valence-electron chi connectivity index (χ4n) is 2.83. The first kappa shape index (κ1) is 17.3. The van der Waals surface area contributed by atoms with Crippen LogP contribution in [0.15, 0.2) is 29.2 Å². The van der Waals surface area contributed by atoms with Gasteiger partial charge in [0.25, 0.3) is 0 Å². The van der Waals surface area contributed by atoms with Crippen LogP contribution in [0.3, 0.4) is 0 Å². The molecule has 1 aromatic rings. The van der Waals surface area contributed by atoms with Crippen molar-refractivity contribution >= 4 is 10.0 Å². The van der Waals surface area contributed by atoms with E-state index in [1.54, 1.807) is 0 Å². The van der Waals surface area contributed by atoms with Crippen molar-refractivity contribution in [2.24, 2.45) is 5.92 Å². The quantitative estimate of drug-likeness (QED) is 0.837. The molecule has 0 bridgehead atoms. The van der Waals surface area contributed by atoms with E-state index < -0.39 is 21.8 Å². The normalized spacial score (nSPS) is 17.9. The van der Waals surface area contributed by atoms with Gasteiger partial charge in [-0.15, -0.1) is 0 Å². The molecule has 0 unspecified atom stereocenters. The molecule has 0 radical (unpaired) electrons. The maximum atomic E-state index is 12.5. The Morgan fingerprint density at radius 2 is 1.64 bits per heavy atom. The molecule has 1 aromatic carbocycles. The standard InChI is InChI=1S/C15H20F3NO2S/c1-19(11-12-5-3-2-4-6-12)22(20,21)14-9-7-13(8-10-14)15(16,17)18/h7-10,12H,2-6,11H2,1H3. The summed E-state index contributed by atoms with van der Waals surface area (Å²) in [6, 6.07) is 3.66. The summed E-state index contributed by atoms with van der Waals surface area (Å²) in [5, 5.41) is 0. The fraction of sp³-hybridized carbons (Fsp3) is 0.600. The summed E-state index contributed by atoms with van der Waals surface area (Å²) in [6.07, 6.45) is 0.958. The molecule has 0 aromatic heterocycles. The molecule has 0 spiro atoms. The summed E-state index contributed by atoms with van der Waals surface area (Å²) in [7, 11) is -2.25. The molecule has 124 valence electrons. The van der Waals surface area contributed by atoms with Crippen LogP contribution in [0.25, 0.3) is 0 Å². The molecule has 22 heavy (non-hydrogen) atoms. The number of halogens is 3. The minimum atomic E-state index is -4.46. The van der Waals surface area contributed by atoms with Crippen molar-refractivity contribution in [1.29, 1.82) is 0 Å². The van der Waals surface area contributed by atoms with Crippen LogP contribution in [0.1, 0.15) is 37.7 Å². The van der Waals surface area contributed by atoms with E-state index in [4.69, 9.17) is 0 Å². The predicted octanol–water partition coefficient (Wildman–Crippen LogP) is 3.91. The Morgan fingerprint density at radius 3 is 2.14 bits per heavy atom. The van der Waals surface area contributed by atoms with E-state index >= 15 is 0 Å². The maximum Gasteiger partial charge on any atom is 0.416 e. The first-order chi connectivity index (χ1) is 10.2. The molecule has 7 heteroatoms. The largest absolute Gasteiger partial charge is 0.416 e. The summed E-state index contributed by atoms with van der Waals surface area (Å²) in [4.78, 5) is -0.0983. The lowest BCUT2D eigenvalue weighted by molar-refractivity contribution is -0.137. The van der Waals surface area contributed by atoms with Crippen LogP contribution in [0.2, 0.25) is 0 Å². The highest BCUT2D eigenvalue weighted by atomic mass is 32.2. The third-order valence-electron chi connectivity index (χ3n) is 4.13. The van der Waals surface area contributed by atoms with Crippen LogP contribution in [-0.2, 0) is 16.2 Å². The SMILES string of the molecule is CN(CC1CCCCC1)S(=O)(=O)c1ccc(C(F)(F)F)cc1. The van der Waals surface area contributed by atoms with Crippen LogP contribution in [0.4, 0.5) is 13.2 Å². The molecular weight excluding hydrogens is 315 g/mol. The van der Waals surface area contributed by atoms with Crippen LogP contribution in [0, 0.1) is 5.92 Å². The zero-order valence-corrected chi connectivity index (χ0v) is 13.3. The van der Waals surface area contributed by atoms with Gasteiger partial charge in [0.2, 0.25) is 10.0 Å². The Hall–Kier alpha value is -1.08. The van der Waals surface area contributed by atoms with E-state index in [9.17, 15) is 21.6 Å². The van der Waals surface area contributed by atoms with Gasteiger partial charge in [-0.25, -0.2) is 12.7 Å². The predicted molar refractivity (Wildman–Crippen MR) is 77.8 cm³/mol. The molecule has 0 N–H and O–H groups in total. The van der Waals surface area contributed by atoms with E-state index in [0.717, 1.165) is 49.9 Å². The average Bonchev–Trinajstić information content (AvgIpc) is 2.47. The topological polar surface area (TPSA) is 37.4 Å². The molecule has 2 rings (SSSR count). The number of benzene rings is 1. The third-order valence-corrected chi connectivity index (χ3v) is 5.97. The van der Waals surface area contributed by atoms with Crippen molar-refractivity contribution in [2.45, 2.75) is 43.2 Å². The Balaban J connectivity index is 2.11. The highest BCUT2D eigenvalue weighted by Crippen LogP contribution is 2.30. The Labute approximate surface area is 129 Å². The van der Waals surface area contributed by atoms with Gasteiger partial charge in [-0.2, -0.15) is 13.2 Å². The average molecular weight is 335 g/mol. The Morgan fingerprint density at radius 1 is 1.09 bits per heavy atom. The summed E-state index contributed by atoms with van der Waals surface area (Å²) in [5.41, 5.74) is -0.846. The lowest BCUT2D eigenvalue weighted by Gasteiger charge is -2.26. The van der Waals surface area contributed by atoms with Crippen LogP contribution in [-0.4, -0.2) is 26.3 Å². The minimum Gasteiger partial charge on any atom is -0.207 e. The van der Waals surface area contributed by atoms with Gasteiger partial charge in [0.1, 0.15) is 0 Å². The minimum absolute atomic E-state index is 0.0983. The third kappa shape index (κ3) is 4.01. The number of rotatable bonds is 4. The summed E-state index contributed by atoms with van der Waals surface area (Å²) >= 11 is 0. The number of hydrogen-bond acceptors (Lipinski definition) is 2. The monoisotopic (exact) mass is 335 g/mol. The van der Waals surface area contributed by atoms with Crippen LogP contribution in [0.5, 0.6) is 0 Å². The molecular formula is C15H20F3NO2S.